The molecule has 0 aliphatic heterocycles. The number of aryl methyl sites for hydroxylation is 1. The molecule has 0 atom stereocenters. The van der Waals surface area contributed by atoms with Crippen LogP contribution in [0.1, 0.15) is 11.3 Å². The van der Waals surface area contributed by atoms with Gasteiger partial charge < -0.3 is 24.3 Å². The van der Waals surface area contributed by atoms with E-state index in [1.165, 1.54) is 32.4 Å². The van der Waals surface area contributed by atoms with E-state index in [-0.39, 0.29) is 46.1 Å². The molecule has 0 saturated heterocycles. The number of nitrogens with one attached hydrogen (secondary N) is 1. The summed E-state index contributed by atoms with van der Waals surface area (Å²) in [5.41, 5.74) is -0.257. The molecule has 2 aromatic rings. The molecule has 0 aliphatic carbocycles. The van der Waals surface area contributed by atoms with Gasteiger partial charge in [-0.25, -0.2) is 0 Å². The summed E-state index contributed by atoms with van der Waals surface area (Å²) < 4.78 is 15.0. The van der Waals surface area contributed by atoms with Gasteiger partial charge in [0.2, 0.25) is 11.7 Å². The molecule has 0 aliphatic rings. The average Bonchev–Trinajstić information content (AvgIpc) is 2.54. The van der Waals surface area contributed by atoms with Crippen molar-refractivity contribution in [3.63, 3.8) is 0 Å². The number of nitriles is 1. The number of rotatable bonds is 6. The van der Waals surface area contributed by atoms with Gasteiger partial charge in [0.15, 0.2) is 16.8 Å². The van der Waals surface area contributed by atoms with Crippen molar-refractivity contribution in [2.24, 2.45) is 0 Å². The Morgan fingerprint density at radius 3 is 2.88 bits per heavy atom. The summed E-state index contributed by atoms with van der Waals surface area (Å²) in [5, 5.41) is 21.1. The van der Waals surface area contributed by atoms with Crippen LogP contribution in [-0.4, -0.2) is 31.3 Å². The smallest absolute Gasteiger partial charge is 0.292 e. The number of fused-ring (bicyclic) bond motifs is 1. The van der Waals surface area contributed by atoms with Crippen LogP contribution >= 0.6 is 0 Å². The van der Waals surface area contributed by atoms with Crippen LogP contribution in [0.4, 0.5) is 0 Å². The molecule has 0 saturated carbocycles. The lowest BCUT2D eigenvalue weighted by Gasteiger charge is -2.09. The lowest BCUT2D eigenvalue weighted by atomic mass is 10.1. The van der Waals surface area contributed by atoms with Crippen molar-refractivity contribution in [3.05, 3.63) is 33.7 Å². The summed E-state index contributed by atoms with van der Waals surface area (Å²) in [6, 6.07) is 2.58. The standard InChI is InChI=1S/C16H16N2O6/c1-9-11(7-13(20)18-5-6-22-2)14(21)10-3-4-12(19)16(23-8-17)15(10)24-9/h3-4,19H,5-7H2,1-2H3,(H,18,20). The van der Waals surface area contributed by atoms with Gasteiger partial charge in [0.05, 0.1) is 18.4 Å². The van der Waals surface area contributed by atoms with Crippen molar-refractivity contribution < 1.29 is 23.8 Å². The number of benzene rings is 1. The Balaban J connectivity index is 2.44. The van der Waals surface area contributed by atoms with Crippen LogP contribution in [0.3, 0.4) is 0 Å². The minimum atomic E-state index is -0.418. The van der Waals surface area contributed by atoms with Gasteiger partial charge in [-0.3, -0.25) is 9.59 Å². The third-order valence-corrected chi connectivity index (χ3v) is 3.40. The van der Waals surface area contributed by atoms with Crippen molar-refractivity contribution in [2.45, 2.75) is 13.3 Å². The fourth-order valence-electron chi connectivity index (χ4n) is 2.23. The number of carbonyl (C=O) groups excluding carboxylic acids is 1. The molecular formula is C16H16N2O6. The van der Waals surface area contributed by atoms with Gasteiger partial charge in [0.1, 0.15) is 5.76 Å². The molecule has 2 N–H and O–H groups in total. The molecule has 0 fully saturated rings. The van der Waals surface area contributed by atoms with E-state index in [1.807, 2.05) is 0 Å². The predicted octanol–water partition coefficient (Wildman–Crippen LogP) is 0.972. The molecule has 1 aromatic heterocycles. The third-order valence-electron chi connectivity index (χ3n) is 3.40. The highest BCUT2D eigenvalue weighted by Crippen LogP contribution is 2.34. The molecule has 8 heteroatoms. The number of carbonyl (C=O) groups is 1. The first-order valence-corrected chi connectivity index (χ1v) is 7.09. The van der Waals surface area contributed by atoms with E-state index < -0.39 is 5.43 Å². The minimum absolute atomic E-state index is 0.0393. The van der Waals surface area contributed by atoms with E-state index in [4.69, 9.17) is 14.4 Å². The van der Waals surface area contributed by atoms with E-state index >= 15 is 0 Å². The van der Waals surface area contributed by atoms with Gasteiger partial charge in [-0.1, -0.05) is 0 Å². The Kier molecular flexibility index (Phi) is 5.39. The van der Waals surface area contributed by atoms with E-state index in [0.29, 0.717) is 13.2 Å². The zero-order chi connectivity index (χ0) is 17.7. The van der Waals surface area contributed by atoms with Crippen molar-refractivity contribution in [1.82, 2.24) is 5.32 Å². The van der Waals surface area contributed by atoms with Gasteiger partial charge in [0.25, 0.3) is 6.26 Å². The molecule has 0 unspecified atom stereocenters. The number of methoxy groups -OCH3 is 1. The van der Waals surface area contributed by atoms with E-state index in [2.05, 4.69) is 10.1 Å². The molecule has 8 nitrogen and oxygen atoms in total. The zero-order valence-corrected chi connectivity index (χ0v) is 13.2. The molecule has 0 spiro atoms. The van der Waals surface area contributed by atoms with Crippen LogP contribution < -0.4 is 15.5 Å². The number of phenolic OH excluding ortho intramolecular Hbond substituents is 1. The Bertz CT molecular complexity index is 865. The topological polar surface area (TPSA) is 122 Å². The number of phenols is 1. The maximum absolute atomic E-state index is 12.6. The maximum atomic E-state index is 12.6. The number of aromatic hydroxyl groups is 1. The minimum Gasteiger partial charge on any atom is -0.504 e. The highest BCUT2D eigenvalue weighted by Gasteiger charge is 2.19. The summed E-state index contributed by atoms with van der Waals surface area (Å²) >= 11 is 0. The van der Waals surface area contributed by atoms with Crippen LogP contribution in [0.25, 0.3) is 11.0 Å². The lowest BCUT2D eigenvalue weighted by molar-refractivity contribution is -0.120. The van der Waals surface area contributed by atoms with Crippen LogP contribution in [0.15, 0.2) is 21.3 Å². The Morgan fingerprint density at radius 2 is 2.21 bits per heavy atom. The predicted molar refractivity (Wildman–Crippen MR) is 83.7 cm³/mol. The van der Waals surface area contributed by atoms with Crippen LogP contribution in [-0.2, 0) is 16.0 Å². The Hall–Kier alpha value is -3.05. The van der Waals surface area contributed by atoms with Gasteiger partial charge in [-0.15, -0.1) is 5.26 Å². The molecule has 1 heterocycles. The van der Waals surface area contributed by atoms with E-state index in [0.717, 1.165) is 0 Å². The summed E-state index contributed by atoms with van der Waals surface area (Å²) in [7, 11) is 1.52. The van der Waals surface area contributed by atoms with Crippen molar-refractivity contribution in [2.75, 3.05) is 20.3 Å². The highest BCUT2D eigenvalue weighted by atomic mass is 16.5. The lowest BCUT2D eigenvalue weighted by Crippen LogP contribution is -2.30. The SMILES string of the molecule is COCCNC(=O)Cc1c(C)oc2c(OC#N)c(O)ccc2c1=O. The summed E-state index contributed by atoms with van der Waals surface area (Å²) in [5.74, 6) is -0.681. The molecular weight excluding hydrogens is 316 g/mol. The van der Waals surface area contributed by atoms with Gasteiger partial charge >= 0.3 is 0 Å². The summed E-state index contributed by atoms with van der Waals surface area (Å²) in [6.45, 7) is 2.23. The molecule has 2 rings (SSSR count). The number of hydrogen-bond acceptors (Lipinski definition) is 7. The summed E-state index contributed by atoms with van der Waals surface area (Å²) in [4.78, 5) is 24.5. The number of nitrogens with zero attached hydrogens (tertiary/aromatic N) is 1. The largest absolute Gasteiger partial charge is 0.504 e. The second kappa shape index (κ2) is 7.48. The number of amides is 1. The summed E-state index contributed by atoms with van der Waals surface area (Å²) in [6.07, 6.45) is 1.28. The first-order valence-electron chi connectivity index (χ1n) is 7.09. The van der Waals surface area contributed by atoms with Gasteiger partial charge in [0, 0.05) is 19.2 Å². The van der Waals surface area contributed by atoms with Crippen molar-refractivity contribution >= 4 is 16.9 Å². The highest BCUT2D eigenvalue weighted by molar-refractivity contribution is 5.87. The van der Waals surface area contributed by atoms with Crippen LogP contribution in [0.5, 0.6) is 11.5 Å². The second-order valence-electron chi connectivity index (χ2n) is 4.97. The molecule has 0 bridgehead atoms. The molecule has 0 radical (unpaired) electrons. The van der Waals surface area contributed by atoms with E-state index in [9.17, 15) is 14.7 Å². The zero-order valence-electron chi connectivity index (χ0n) is 13.2. The van der Waals surface area contributed by atoms with Crippen LogP contribution in [0, 0.1) is 18.4 Å². The van der Waals surface area contributed by atoms with Crippen LogP contribution in [0.2, 0.25) is 0 Å². The van der Waals surface area contributed by atoms with Crippen molar-refractivity contribution in [1.29, 1.82) is 5.26 Å². The van der Waals surface area contributed by atoms with Gasteiger partial charge in [-0.05, 0) is 19.1 Å². The Labute approximate surface area is 137 Å². The quantitative estimate of drug-likeness (QED) is 0.597. The molecule has 126 valence electrons. The first-order chi connectivity index (χ1) is 11.5. The Morgan fingerprint density at radius 1 is 1.46 bits per heavy atom. The molecule has 1 amide bonds. The fourth-order valence-corrected chi connectivity index (χ4v) is 2.23. The maximum Gasteiger partial charge on any atom is 0.292 e. The molecule has 1 aromatic carbocycles. The average molecular weight is 332 g/mol. The number of ether oxygens (including phenoxy) is 2. The van der Waals surface area contributed by atoms with Gasteiger partial charge in [-0.2, -0.15) is 0 Å². The normalized spacial score (nSPS) is 10.4. The number of hydrogen-bond donors (Lipinski definition) is 2. The fraction of sp³-hybridized carbons (Fsp3) is 0.312. The first kappa shape index (κ1) is 17.3. The van der Waals surface area contributed by atoms with Crippen molar-refractivity contribution in [3.8, 4) is 17.8 Å². The molecule has 24 heavy (non-hydrogen) atoms. The second-order valence-corrected chi connectivity index (χ2v) is 4.97. The monoisotopic (exact) mass is 332 g/mol. The van der Waals surface area contributed by atoms with E-state index in [1.54, 1.807) is 0 Å². The third kappa shape index (κ3) is 3.47.